The number of halogens is 1. The third kappa shape index (κ3) is 7.24. The average molecular weight is 391 g/mol. The zero-order chi connectivity index (χ0) is 19.6. The van der Waals surface area contributed by atoms with Crippen molar-refractivity contribution in [3.8, 4) is 0 Å². The van der Waals surface area contributed by atoms with E-state index >= 15 is 0 Å². The summed E-state index contributed by atoms with van der Waals surface area (Å²) >= 11 is 5.89. The van der Waals surface area contributed by atoms with Crippen LogP contribution in [0.1, 0.15) is 12.5 Å². The van der Waals surface area contributed by atoms with Gasteiger partial charge in [-0.05, 0) is 42.8 Å². The Balaban J connectivity index is 1.70. The zero-order valence-electron chi connectivity index (χ0n) is 15.2. The first-order chi connectivity index (χ1) is 13.0. The molecule has 0 spiro atoms. The molecule has 2 rings (SSSR count). The highest BCUT2D eigenvalue weighted by Crippen LogP contribution is 2.15. The number of likely N-dealkylation sites (N-methyl/N-ethyl adjacent to an activating group) is 1. The lowest BCUT2D eigenvalue weighted by atomic mass is 10.1. The predicted octanol–water partition coefficient (Wildman–Crippen LogP) is 3.93. The fraction of sp³-hybridized carbons (Fsp3) is 0.316. The van der Waals surface area contributed by atoms with E-state index in [0.717, 1.165) is 31.1 Å². The molecule has 0 aliphatic heterocycles. The van der Waals surface area contributed by atoms with Crippen LogP contribution in [-0.2, 0) is 6.42 Å². The smallest absolute Gasteiger partial charge is 0.319 e. The molecule has 144 valence electrons. The van der Waals surface area contributed by atoms with E-state index in [4.69, 9.17) is 11.6 Å². The van der Waals surface area contributed by atoms with Gasteiger partial charge in [0.25, 0.3) is 5.69 Å². The maximum Gasteiger partial charge on any atom is 0.319 e. The van der Waals surface area contributed by atoms with Gasteiger partial charge in [-0.25, -0.2) is 4.79 Å². The average Bonchev–Trinajstić information content (AvgIpc) is 2.66. The Kier molecular flexibility index (Phi) is 8.03. The number of benzene rings is 2. The third-order valence-electron chi connectivity index (χ3n) is 4.13. The molecule has 2 aromatic carbocycles. The minimum Gasteiger partial charge on any atom is -0.337 e. The number of non-ortho nitro benzene ring substituents is 1. The first-order valence-electron chi connectivity index (χ1n) is 8.74. The molecular formula is C19H23ClN4O3. The maximum absolute atomic E-state index is 11.9. The Labute approximate surface area is 163 Å². The molecule has 0 saturated heterocycles. The summed E-state index contributed by atoms with van der Waals surface area (Å²) < 4.78 is 0. The van der Waals surface area contributed by atoms with Gasteiger partial charge in [0.05, 0.1) is 4.92 Å². The lowest BCUT2D eigenvalue weighted by molar-refractivity contribution is -0.384. The lowest BCUT2D eigenvalue weighted by Crippen LogP contribution is -2.37. The first kappa shape index (κ1) is 20.7. The van der Waals surface area contributed by atoms with Gasteiger partial charge in [-0.1, -0.05) is 30.7 Å². The van der Waals surface area contributed by atoms with Crippen LogP contribution in [0, 0.1) is 10.1 Å². The molecule has 0 fully saturated rings. The number of nitro benzene ring substituents is 1. The van der Waals surface area contributed by atoms with E-state index in [9.17, 15) is 14.9 Å². The zero-order valence-corrected chi connectivity index (χ0v) is 15.9. The summed E-state index contributed by atoms with van der Waals surface area (Å²) in [4.78, 5) is 24.3. The summed E-state index contributed by atoms with van der Waals surface area (Å²) in [6.45, 7) is 5.10. The number of amides is 2. The molecule has 0 saturated carbocycles. The molecule has 0 heterocycles. The summed E-state index contributed by atoms with van der Waals surface area (Å²) in [6, 6.07) is 13.2. The SMILES string of the molecule is CCN(CCNC(=O)Nc1ccc([N+](=O)[O-])cc1)CCc1ccc(Cl)cc1. The summed E-state index contributed by atoms with van der Waals surface area (Å²) in [6.07, 6.45) is 0.917. The number of nitrogens with one attached hydrogen (secondary N) is 2. The highest BCUT2D eigenvalue weighted by Gasteiger charge is 2.07. The number of anilines is 1. The van der Waals surface area contributed by atoms with Crippen LogP contribution in [-0.4, -0.2) is 42.0 Å². The largest absolute Gasteiger partial charge is 0.337 e. The molecule has 8 heteroatoms. The second-order valence-corrected chi connectivity index (χ2v) is 6.43. The molecule has 0 aliphatic carbocycles. The van der Waals surface area contributed by atoms with Gasteiger partial charge in [0.1, 0.15) is 0 Å². The van der Waals surface area contributed by atoms with E-state index in [1.165, 1.54) is 29.8 Å². The number of hydrogen-bond acceptors (Lipinski definition) is 4. The van der Waals surface area contributed by atoms with Crippen LogP contribution in [0.2, 0.25) is 5.02 Å². The Hall–Kier alpha value is -2.64. The number of carbonyl (C=O) groups is 1. The van der Waals surface area contributed by atoms with E-state index in [1.54, 1.807) is 0 Å². The van der Waals surface area contributed by atoms with Crippen molar-refractivity contribution in [1.29, 1.82) is 0 Å². The Morgan fingerprint density at radius 3 is 2.37 bits per heavy atom. The highest BCUT2D eigenvalue weighted by molar-refractivity contribution is 6.30. The summed E-state index contributed by atoms with van der Waals surface area (Å²) in [7, 11) is 0. The van der Waals surface area contributed by atoms with Crippen LogP contribution < -0.4 is 10.6 Å². The molecule has 0 bridgehead atoms. The van der Waals surface area contributed by atoms with Gasteiger partial charge in [-0.2, -0.15) is 0 Å². The van der Waals surface area contributed by atoms with Gasteiger partial charge >= 0.3 is 6.03 Å². The Bertz CT molecular complexity index is 751. The Morgan fingerprint density at radius 2 is 1.78 bits per heavy atom. The van der Waals surface area contributed by atoms with Gasteiger partial charge in [0.2, 0.25) is 0 Å². The van der Waals surface area contributed by atoms with Crippen molar-refractivity contribution in [2.45, 2.75) is 13.3 Å². The fourth-order valence-corrected chi connectivity index (χ4v) is 2.66. The number of rotatable bonds is 9. The highest BCUT2D eigenvalue weighted by atomic mass is 35.5. The molecular weight excluding hydrogens is 368 g/mol. The molecule has 0 unspecified atom stereocenters. The van der Waals surface area contributed by atoms with Crippen molar-refractivity contribution in [3.05, 3.63) is 69.2 Å². The van der Waals surface area contributed by atoms with E-state index in [2.05, 4.69) is 22.5 Å². The lowest BCUT2D eigenvalue weighted by Gasteiger charge is -2.20. The van der Waals surface area contributed by atoms with Crippen molar-refractivity contribution >= 4 is 29.0 Å². The van der Waals surface area contributed by atoms with E-state index in [0.29, 0.717) is 12.2 Å². The van der Waals surface area contributed by atoms with Crippen LogP contribution >= 0.6 is 11.6 Å². The maximum atomic E-state index is 11.9. The summed E-state index contributed by atoms with van der Waals surface area (Å²) in [5.41, 5.74) is 1.72. The molecule has 2 N–H and O–H groups in total. The summed E-state index contributed by atoms with van der Waals surface area (Å²) in [5.74, 6) is 0. The molecule has 7 nitrogen and oxygen atoms in total. The van der Waals surface area contributed by atoms with Crippen molar-refractivity contribution in [2.24, 2.45) is 0 Å². The normalized spacial score (nSPS) is 10.6. The van der Waals surface area contributed by atoms with Crippen molar-refractivity contribution in [1.82, 2.24) is 10.2 Å². The van der Waals surface area contributed by atoms with Gasteiger partial charge < -0.3 is 15.5 Å². The standard InChI is InChI=1S/C19H23ClN4O3/c1-2-23(13-11-15-3-5-16(20)6-4-15)14-12-21-19(25)22-17-7-9-18(10-8-17)24(26)27/h3-10H,2,11-14H2,1H3,(H2,21,22,25). The predicted molar refractivity (Wildman–Crippen MR) is 107 cm³/mol. The van der Waals surface area contributed by atoms with E-state index in [1.807, 2.05) is 24.3 Å². The van der Waals surface area contributed by atoms with E-state index < -0.39 is 4.92 Å². The topological polar surface area (TPSA) is 87.5 Å². The summed E-state index contributed by atoms with van der Waals surface area (Å²) in [5, 5.41) is 16.8. The van der Waals surface area contributed by atoms with Gasteiger partial charge in [-0.3, -0.25) is 10.1 Å². The van der Waals surface area contributed by atoms with Gasteiger partial charge in [0, 0.05) is 42.5 Å². The second kappa shape index (κ2) is 10.5. The molecule has 0 atom stereocenters. The number of nitro groups is 1. The third-order valence-corrected chi connectivity index (χ3v) is 4.38. The molecule has 0 aromatic heterocycles. The molecule has 0 aliphatic rings. The molecule has 2 amide bonds. The Morgan fingerprint density at radius 1 is 1.11 bits per heavy atom. The van der Waals surface area contributed by atoms with Crippen molar-refractivity contribution in [2.75, 3.05) is 31.5 Å². The minimum absolute atomic E-state index is 0.0137. The monoisotopic (exact) mass is 390 g/mol. The number of nitrogens with zero attached hydrogens (tertiary/aromatic N) is 2. The van der Waals surface area contributed by atoms with Crippen molar-refractivity contribution in [3.63, 3.8) is 0 Å². The van der Waals surface area contributed by atoms with E-state index in [-0.39, 0.29) is 11.7 Å². The quantitative estimate of drug-likeness (QED) is 0.501. The van der Waals surface area contributed by atoms with Crippen LogP contribution in [0.3, 0.4) is 0 Å². The van der Waals surface area contributed by atoms with Crippen LogP contribution in [0.25, 0.3) is 0 Å². The fourth-order valence-electron chi connectivity index (χ4n) is 2.54. The van der Waals surface area contributed by atoms with Gasteiger partial charge in [0.15, 0.2) is 0 Å². The molecule has 2 aromatic rings. The second-order valence-electron chi connectivity index (χ2n) is 6.00. The first-order valence-corrected chi connectivity index (χ1v) is 9.12. The number of carbonyl (C=O) groups excluding carboxylic acids is 1. The minimum atomic E-state index is -0.479. The van der Waals surface area contributed by atoms with Crippen molar-refractivity contribution < 1.29 is 9.72 Å². The number of hydrogen-bond donors (Lipinski definition) is 2. The van der Waals surface area contributed by atoms with Crippen LogP contribution in [0.15, 0.2) is 48.5 Å². The van der Waals surface area contributed by atoms with Crippen LogP contribution in [0.4, 0.5) is 16.2 Å². The van der Waals surface area contributed by atoms with Crippen LogP contribution in [0.5, 0.6) is 0 Å². The number of urea groups is 1. The molecule has 27 heavy (non-hydrogen) atoms. The molecule has 0 radical (unpaired) electrons. The van der Waals surface area contributed by atoms with Gasteiger partial charge in [-0.15, -0.1) is 0 Å².